The van der Waals surface area contributed by atoms with Gasteiger partial charge < -0.3 is 30.4 Å². The van der Waals surface area contributed by atoms with Crippen LogP contribution in [0, 0.1) is 0 Å². The molecule has 0 spiro atoms. The number of carbonyl (C=O) groups is 3. The first kappa shape index (κ1) is 21.6. The van der Waals surface area contributed by atoms with Crippen LogP contribution in [0.25, 0.3) is 0 Å². The number of carbonyl (C=O) groups excluding carboxylic acids is 2. The Labute approximate surface area is 165 Å². The number of hydrogen-bond acceptors (Lipinski definition) is 9. The molecular weight excluding hydrogens is 384 g/mol. The molecule has 154 valence electrons. The van der Waals surface area contributed by atoms with Gasteiger partial charge in [0.15, 0.2) is 0 Å². The van der Waals surface area contributed by atoms with Crippen molar-refractivity contribution in [2.45, 2.75) is 6.10 Å². The van der Waals surface area contributed by atoms with Gasteiger partial charge in [-0.15, -0.1) is 0 Å². The monoisotopic (exact) mass is 404 g/mol. The number of carboxylic acid groups (broad SMARTS) is 1. The molecule has 11 nitrogen and oxygen atoms in total. The number of rotatable bonds is 11. The minimum Gasteiger partial charge on any atom is -0.492 e. The van der Waals surface area contributed by atoms with E-state index >= 15 is 0 Å². The van der Waals surface area contributed by atoms with Crippen LogP contribution < -0.4 is 20.5 Å². The van der Waals surface area contributed by atoms with Crippen LogP contribution in [0.3, 0.4) is 0 Å². The normalized spacial score (nSPS) is 11.3. The lowest BCUT2D eigenvalue weighted by molar-refractivity contribution is -0.168. The number of primary amides is 1. The Morgan fingerprint density at radius 1 is 1.10 bits per heavy atom. The summed E-state index contributed by atoms with van der Waals surface area (Å²) in [6.07, 6.45) is 2.08. The highest BCUT2D eigenvalue weighted by atomic mass is 16.6. The van der Waals surface area contributed by atoms with Gasteiger partial charge in [0.2, 0.25) is 5.91 Å². The fourth-order valence-electron chi connectivity index (χ4n) is 2.08. The van der Waals surface area contributed by atoms with E-state index in [0.717, 1.165) is 0 Å². The first-order valence-corrected chi connectivity index (χ1v) is 8.53. The standard InChI is InChI=1S/C18H20N4O7/c19-15(23)12-2-4-13(5-3-12)27-9-8-20-10-14(29-17(26)16(24)25)11-28-18-21-6-1-7-22-18/h1-7,14,20H,8-11H2,(H2,19,23)(H,24,25). The van der Waals surface area contributed by atoms with Gasteiger partial charge in [-0.2, -0.15) is 0 Å². The predicted molar refractivity (Wildman–Crippen MR) is 98.4 cm³/mol. The van der Waals surface area contributed by atoms with Crippen molar-refractivity contribution in [3.05, 3.63) is 48.3 Å². The maximum Gasteiger partial charge on any atom is 0.417 e. The number of hydrogen-bond donors (Lipinski definition) is 3. The van der Waals surface area contributed by atoms with Gasteiger partial charge in [-0.3, -0.25) is 4.79 Å². The molecule has 0 aliphatic rings. The molecule has 1 heterocycles. The largest absolute Gasteiger partial charge is 0.492 e. The van der Waals surface area contributed by atoms with Crippen LogP contribution in [0.4, 0.5) is 0 Å². The summed E-state index contributed by atoms with van der Waals surface area (Å²) in [5.74, 6) is -3.06. The molecule has 0 saturated heterocycles. The maximum atomic E-state index is 11.3. The molecule has 0 aliphatic carbocycles. The second-order valence-corrected chi connectivity index (χ2v) is 5.62. The molecule has 1 aromatic heterocycles. The minimum atomic E-state index is -1.70. The van der Waals surface area contributed by atoms with E-state index in [2.05, 4.69) is 15.3 Å². The average Bonchev–Trinajstić information content (AvgIpc) is 2.72. The molecule has 1 atom stereocenters. The predicted octanol–water partition coefficient (Wildman–Crippen LogP) is -0.381. The van der Waals surface area contributed by atoms with Gasteiger partial charge in [0.05, 0.1) is 0 Å². The van der Waals surface area contributed by atoms with Gasteiger partial charge in [-0.05, 0) is 30.3 Å². The first-order chi connectivity index (χ1) is 14.0. The van der Waals surface area contributed by atoms with Crippen molar-refractivity contribution in [2.24, 2.45) is 5.73 Å². The number of benzene rings is 1. The number of nitrogens with two attached hydrogens (primary N) is 1. The molecule has 1 unspecified atom stereocenters. The lowest BCUT2D eigenvalue weighted by Gasteiger charge is -2.17. The Morgan fingerprint density at radius 2 is 1.79 bits per heavy atom. The second-order valence-electron chi connectivity index (χ2n) is 5.62. The number of amides is 1. The van der Waals surface area contributed by atoms with Crippen LogP contribution in [0.2, 0.25) is 0 Å². The van der Waals surface area contributed by atoms with E-state index in [1.54, 1.807) is 30.3 Å². The molecular formula is C18H20N4O7. The Kier molecular flexibility index (Phi) is 8.32. The summed E-state index contributed by atoms with van der Waals surface area (Å²) in [5, 5.41) is 11.7. The molecule has 1 amide bonds. The minimum absolute atomic E-state index is 0.0756. The molecule has 11 heteroatoms. The highest BCUT2D eigenvalue weighted by Crippen LogP contribution is 2.11. The number of nitrogens with one attached hydrogen (secondary N) is 1. The molecule has 29 heavy (non-hydrogen) atoms. The zero-order valence-corrected chi connectivity index (χ0v) is 15.3. The van der Waals surface area contributed by atoms with Crippen LogP contribution in [0.5, 0.6) is 11.8 Å². The highest BCUT2D eigenvalue weighted by molar-refractivity contribution is 6.28. The van der Waals surface area contributed by atoms with Gasteiger partial charge in [-0.25, -0.2) is 19.6 Å². The number of esters is 1. The van der Waals surface area contributed by atoms with E-state index in [1.807, 2.05) is 0 Å². The van der Waals surface area contributed by atoms with Crippen LogP contribution in [0.1, 0.15) is 10.4 Å². The van der Waals surface area contributed by atoms with Crippen LogP contribution in [-0.2, 0) is 14.3 Å². The zero-order chi connectivity index (χ0) is 21.1. The third-order valence-corrected chi connectivity index (χ3v) is 3.45. The summed E-state index contributed by atoms with van der Waals surface area (Å²) in [6, 6.07) is 8.02. The van der Waals surface area contributed by atoms with Gasteiger partial charge in [0.1, 0.15) is 25.1 Å². The van der Waals surface area contributed by atoms with Gasteiger partial charge >= 0.3 is 17.9 Å². The molecule has 2 rings (SSSR count). The van der Waals surface area contributed by atoms with Crippen molar-refractivity contribution in [3.8, 4) is 11.8 Å². The van der Waals surface area contributed by atoms with Crippen LogP contribution in [-0.4, -0.2) is 65.3 Å². The summed E-state index contributed by atoms with van der Waals surface area (Å²) in [7, 11) is 0. The number of ether oxygens (including phenoxy) is 3. The van der Waals surface area contributed by atoms with Crippen LogP contribution in [0.15, 0.2) is 42.7 Å². The van der Waals surface area contributed by atoms with E-state index in [-0.39, 0.29) is 25.8 Å². The van der Waals surface area contributed by atoms with E-state index in [1.165, 1.54) is 12.4 Å². The van der Waals surface area contributed by atoms with E-state index in [9.17, 15) is 14.4 Å². The molecule has 0 fully saturated rings. The number of aromatic nitrogens is 2. The summed E-state index contributed by atoms with van der Waals surface area (Å²) in [6.45, 7) is 0.639. The van der Waals surface area contributed by atoms with Gasteiger partial charge in [0.25, 0.3) is 0 Å². The SMILES string of the molecule is NC(=O)c1ccc(OCCNCC(COc2ncccn2)OC(=O)C(=O)O)cc1. The smallest absolute Gasteiger partial charge is 0.417 e. The molecule has 1 aromatic carbocycles. The molecule has 0 radical (unpaired) electrons. The fraction of sp³-hybridized carbons (Fsp3) is 0.278. The third-order valence-electron chi connectivity index (χ3n) is 3.45. The maximum absolute atomic E-state index is 11.3. The summed E-state index contributed by atoms with van der Waals surface area (Å²) >= 11 is 0. The lowest BCUT2D eigenvalue weighted by Crippen LogP contribution is -2.38. The van der Waals surface area contributed by atoms with Gasteiger partial charge in [-0.1, -0.05) is 0 Å². The number of carboxylic acids is 1. The molecule has 0 bridgehead atoms. The Hall–Kier alpha value is -3.73. The van der Waals surface area contributed by atoms with Gasteiger partial charge in [0, 0.05) is 31.0 Å². The van der Waals surface area contributed by atoms with Crippen molar-refractivity contribution in [2.75, 3.05) is 26.3 Å². The van der Waals surface area contributed by atoms with Crippen molar-refractivity contribution >= 4 is 17.8 Å². The van der Waals surface area contributed by atoms with Crippen LogP contribution >= 0.6 is 0 Å². The highest BCUT2D eigenvalue weighted by Gasteiger charge is 2.21. The molecule has 2 aromatic rings. The van der Waals surface area contributed by atoms with E-state index in [0.29, 0.717) is 17.9 Å². The Bertz CT molecular complexity index is 815. The second kappa shape index (κ2) is 11.2. The third kappa shape index (κ3) is 7.81. The fourth-order valence-corrected chi connectivity index (χ4v) is 2.08. The average molecular weight is 404 g/mol. The van der Waals surface area contributed by atoms with Crippen molar-refractivity contribution in [1.82, 2.24) is 15.3 Å². The summed E-state index contributed by atoms with van der Waals surface area (Å²) in [5.41, 5.74) is 5.54. The van der Waals surface area contributed by atoms with E-state index in [4.69, 9.17) is 25.1 Å². The van der Waals surface area contributed by atoms with Crippen molar-refractivity contribution in [1.29, 1.82) is 0 Å². The quantitative estimate of drug-likeness (QED) is 0.255. The number of nitrogens with zero attached hydrogens (tertiary/aromatic N) is 2. The molecule has 0 saturated carbocycles. The molecule has 4 N–H and O–H groups in total. The Morgan fingerprint density at radius 3 is 2.41 bits per heavy atom. The van der Waals surface area contributed by atoms with Crippen molar-refractivity contribution in [3.63, 3.8) is 0 Å². The Balaban J connectivity index is 1.76. The zero-order valence-electron chi connectivity index (χ0n) is 15.3. The first-order valence-electron chi connectivity index (χ1n) is 8.53. The number of aliphatic carboxylic acids is 1. The van der Waals surface area contributed by atoms with Crippen molar-refractivity contribution < 1.29 is 33.7 Å². The van der Waals surface area contributed by atoms with E-state index < -0.39 is 23.9 Å². The lowest BCUT2D eigenvalue weighted by atomic mass is 10.2. The summed E-state index contributed by atoms with van der Waals surface area (Å²) < 4.78 is 15.7. The summed E-state index contributed by atoms with van der Waals surface area (Å²) in [4.78, 5) is 40.8. The molecule has 0 aliphatic heterocycles. The topological polar surface area (TPSA) is 163 Å².